The number of nitrogens with zero attached hydrogens (tertiary/aromatic N) is 10. The Kier molecular flexibility index (Phi) is 32.7. The zero-order valence-electron chi connectivity index (χ0n) is 67.9. The smallest absolute Gasteiger partial charge is 0.381 e. The summed E-state index contributed by atoms with van der Waals surface area (Å²) >= 11 is 0. The molecule has 12 amide bonds. The van der Waals surface area contributed by atoms with Gasteiger partial charge in [-0.15, -0.1) is 0 Å². The zero-order chi connectivity index (χ0) is 80.7. The van der Waals surface area contributed by atoms with Crippen molar-refractivity contribution in [2.45, 2.75) is 274 Å². The highest BCUT2D eigenvalue weighted by atomic mass is 19.4. The van der Waals surface area contributed by atoms with Gasteiger partial charge in [0.15, 0.2) is 0 Å². The van der Waals surface area contributed by atoms with Crippen LogP contribution in [-0.2, 0) is 71.7 Å². The number of nitrogens with one attached hydrogen (secondary N) is 2. The van der Waals surface area contributed by atoms with Gasteiger partial charge in [0.1, 0.15) is 59.9 Å². The maximum absolute atomic E-state index is 15.8. The first kappa shape index (κ1) is 89.3. The predicted molar refractivity (Wildman–Crippen MR) is 402 cm³/mol. The van der Waals surface area contributed by atoms with Crippen LogP contribution in [0.4, 0.5) is 13.2 Å². The number of likely N-dealkylation sites (N-methyl/N-ethyl adjacent to an activating group) is 7. The number of carbonyl (C=O) groups is 12. The average Bonchev–Trinajstić information content (AvgIpc) is 1.69. The molecule has 3 saturated heterocycles. The number of amides is 12. The highest BCUT2D eigenvalue weighted by Crippen LogP contribution is 2.44. The van der Waals surface area contributed by atoms with Crippen LogP contribution in [0, 0.1) is 35.5 Å². The molecule has 3 unspecified atom stereocenters. The Morgan fingerprint density at radius 2 is 1.34 bits per heavy atom. The molecule has 2 N–H and O–H groups in total. The molecule has 3 aliphatic carbocycles. The lowest BCUT2D eigenvalue weighted by Gasteiger charge is -2.51. The van der Waals surface area contributed by atoms with Crippen molar-refractivity contribution in [3.63, 3.8) is 0 Å². The summed E-state index contributed by atoms with van der Waals surface area (Å²) in [5.41, 5.74) is -1.57. The van der Waals surface area contributed by atoms with E-state index in [1.807, 2.05) is 39.8 Å². The van der Waals surface area contributed by atoms with Gasteiger partial charge in [-0.2, -0.15) is 13.2 Å². The van der Waals surface area contributed by atoms with E-state index in [-0.39, 0.29) is 122 Å². The minimum Gasteiger partial charge on any atom is -0.381 e. The van der Waals surface area contributed by atoms with Crippen LogP contribution >= 0.6 is 0 Å². The van der Waals surface area contributed by atoms with E-state index in [2.05, 4.69) is 17.6 Å². The molecular weight excluding hydrogens is 1410 g/mol. The van der Waals surface area contributed by atoms with Crippen LogP contribution in [0.3, 0.4) is 0 Å². The molecular formula is C79H129F3N12O15. The van der Waals surface area contributed by atoms with Gasteiger partial charge in [-0.05, 0) is 126 Å². The van der Waals surface area contributed by atoms with Crippen molar-refractivity contribution >= 4 is 70.9 Å². The van der Waals surface area contributed by atoms with E-state index >= 15 is 52.7 Å². The molecule has 4 aliphatic heterocycles. The van der Waals surface area contributed by atoms with Crippen LogP contribution in [0.2, 0.25) is 0 Å². The van der Waals surface area contributed by atoms with Gasteiger partial charge in [0, 0.05) is 103 Å². The molecule has 0 aromatic heterocycles. The number of rotatable bonds is 18. The summed E-state index contributed by atoms with van der Waals surface area (Å²) in [5.74, 6) is -10.5. The maximum Gasteiger partial charge on any atom is 0.394 e. The minimum atomic E-state index is -4.52. The molecule has 1 spiro atoms. The van der Waals surface area contributed by atoms with Gasteiger partial charge < -0.3 is 73.8 Å². The minimum absolute atomic E-state index is 0.00894. The first-order chi connectivity index (χ1) is 51.6. The molecule has 27 nitrogen and oxygen atoms in total. The van der Waals surface area contributed by atoms with Crippen LogP contribution in [0.25, 0.3) is 0 Å². The van der Waals surface area contributed by atoms with E-state index < -0.39 is 180 Å². The molecule has 4 heterocycles. The van der Waals surface area contributed by atoms with Gasteiger partial charge in [-0.1, -0.05) is 98.6 Å². The summed E-state index contributed by atoms with van der Waals surface area (Å²) in [5, 5.41) is 5.85. The quantitative estimate of drug-likeness (QED) is 0.117. The highest BCUT2D eigenvalue weighted by molar-refractivity contribution is 6.01. The maximum atomic E-state index is 15.8. The lowest BCUT2D eigenvalue weighted by atomic mass is 9.73. The zero-order valence-corrected chi connectivity index (χ0v) is 67.9. The second kappa shape index (κ2) is 40.0. The number of methoxy groups -OCH3 is 1. The summed E-state index contributed by atoms with van der Waals surface area (Å²) in [6.45, 7) is 12.6. The number of alkyl halides is 3. The number of hydrogen-bond acceptors (Lipinski definition) is 15. The Labute approximate surface area is 644 Å². The van der Waals surface area contributed by atoms with E-state index in [4.69, 9.17) is 14.2 Å². The molecule has 7 aliphatic rings. The molecule has 0 radical (unpaired) electrons. The summed E-state index contributed by atoms with van der Waals surface area (Å²) < 4.78 is 60.7. The van der Waals surface area contributed by atoms with E-state index in [9.17, 15) is 18.0 Å². The Morgan fingerprint density at radius 1 is 0.670 bits per heavy atom. The number of hydrogen-bond donors (Lipinski definition) is 2. The first-order valence-electron chi connectivity index (χ1n) is 40.3. The van der Waals surface area contributed by atoms with E-state index in [0.29, 0.717) is 50.9 Å². The van der Waals surface area contributed by atoms with Crippen LogP contribution in [0.15, 0.2) is 12.2 Å². The fraction of sp³-hybridized carbons (Fsp3) is 0.823. The van der Waals surface area contributed by atoms with Crippen molar-refractivity contribution < 1.29 is 84.9 Å². The molecule has 3 saturated carbocycles. The standard InChI is InChI=1S/C79H129F3N12O15/c1-17-41-108-48-62-68(97)84-66(50(7)18-2)75(104)92-40-25-28-58(92)72(101)88(12)57-27-23-22-24-39-93(74(57)103)60(42-51-31-29-49(6)30-32-51)71(100)86(10)47-64(95)83-56(36-34-52-33-35-55(79(80,81)82)63(43-52)107-16)69(98)94-46-54(109-21-5)44-61(94)73(102)91(15)78(37-26-38-78)77(106)90(14)67(53(19-3)20-4)76(105)89(13)59(70(99)85(8)9)45-65(96)87(62)11/h22-23,49-63,66-67H,17-21,24-48H2,1-16H3,(H,83,95)(H,84,97)/b23-22-/t49?,50-,51?,52?,54+,55?,56-,57-,58-,59-,60-,61-,62-,63?,66-,67-/m0/s1. The molecule has 30 heteroatoms. The number of halogens is 3. The highest BCUT2D eigenvalue weighted by Gasteiger charge is 2.57. The molecule has 616 valence electrons. The Hall–Kier alpha value is -6.95. The van der Waals surface area contributed by atoms with Gasteiger partial charge in [0.2, 0.25) is 70.9 Å². The van der Waals surface area contributed by atoms with Crippen molar-refractivity contribution in [3.8, 4) is 0 Å². The summed E-state index contributed by atoms with van der Waals surface area (Å²) in [6, 6.07) is -11.5. The van der Waals surface area contributed by atoms with Crippen LogP contribution in [-0.4, -0.2) is 308 Å². The van der Waals surface area contributed by atoms with Crippen LogP contribution < -0.4 is 10.6 Å². The fourth-order valence-corrected chi connectivity index (χ4v) is 17.8. The normalized spacial score (nSPS) is 31.3. The average molecular weight is 1540 g/mol. The summed E-state index contributed by atoms with van der Waals surface area (Å²) in [4.78, 5) is 198. The lowest BCUT2D eigenvalue weighted by molar-refractivity contribution is -0.215. The SMILES string of the molecule is CCCOC[C@H]1C(=O)N[C@@H]([C@@H](C)CC)C(=O)N2CCC[C@H]2C(=O)N(C)[C@H]2C/C=C\CCN(C2=O)[C@@H](CC2CCC(C)CC2)C(=O)N(C)CC(=O)N[C@@H](CCC2CCC(C(F)(F)F)C(OC)C2)C(=O)N2C[C@H](OCC)C[C@H]2C(=O)N(C)C2(CCC2)C(=O)N(C)[C@@H](C(CC)CC)C(=O)N(C)[C@H](C(=O)N(C)C)CC(=O)N1C. The lowest BCUT2D eigenvalue weighted by Crippen LogP contribution is -2.68. The van der Waals surface area contributed by atoms with Crippen molar-refractivity contribution in [1.82, 2.24) is 59.6 Å². The molecule has 7 rings (SSSR count). The van der Waals surface area contributed by atoms with Crippen LogP contribution in [0.1, 0.15) is 196 Å². The van der Waals surface area contributed by atoms with Crippen molar-refractivity contribution in [1.29, 1.82) is 0 Å². The number of carbonyl (C=O) groups excluding carboxylic acids is 12. The van der Waals surface area contributed by atoms with Crippen molar-refractivity contribution in [3.05, 3.63) is 12.2 Å². The largest absolute Gasteiger partial charge is 0.394 e. The van der Waals surface area contributed by atoms with Gasteiger partial charge >= 0.3 is 6.18 Å². The Balaban J connectivity index is 1.35. The predicted octanol–water partition coefficient (Wildman–Crippen LogP) is 6.04. The Morgan fingerprint density at radius 3 is 1.94 bits per heavy atom. The molecule has 14 atom stereocenters. The first-order valence-corrected chi connectivity index (χ1v) is 40.3. The molecule has 109 heavy (non-hydrogen) atoms. The molecule has 2 bridgehead atoms. The second-order valence-corrected chi connectivity index (χ2v) is 32.5. The summed E-state index contributed by atoms with van der Waals surface area (Å²) in [6.07, 6.45) is 3.62. The van der Waals surface area contributed by atoms with Crippen LogP contribution in [0.5, 0.6) is 0 Å². The Bertz CT molecular complexity index is 3200. The molecule has 0 aromatic rings. The third-order valence-electron chi connectivity index (χ3n) is 25.2. The van der Waals surface area contributed by atoms with Gasteiger partial charge in [-0.3, -0.25) is 57.5 Å². The number of fused-ring (bicyclic) bond motifs is 4. The summed E-state index contributed by atoms with van der Waals surface area (Å²) in [7, 11) is 12.8. The monoisotopic (exact) mass is 1540 g/mol. The third-order valence-corrected chi connectivity index (χ3v) is 25.2. The molecule has 6 fully saturated rings. The van der Waals surface area contributed by atoms with Crippen molar-refractivity contribution in [2.75, 3.05) is 109 Å². The third kappa shape index (κ3) is 21.0. The van der Waals surface area contributed by atoms with E-state index in [0.717, 1.165) is 35.5 Å². The number of ether oxygens (including phenoxy) is 3. The second-order valence-electron chi connectivity index (χ2n) is 32.5. The molecule has 0 aromatic carbocycles. The van der Waals surface area contributed by atoms with Gasteiger partial charge in [0.25, 0.3) is 0 Å². The van der Waals surface area contributed by atoms with Gasteiger partial charge in [-0.25, -0.2) is 0 Å². The van der Waals surface area contributed by atoms with Gasteiger partial charge in [0.05, 0.1) is 37.7 Å². The van der Waals surface area contributed by atoms with Crippen molar-refractivity contribution in [2.24, 2.45) is 35.5 Å². The topological polar surface area (TPSA) is 289 Å². The van der Waals surface area contributed by atoms with E-state index in [1.54, 1.807) is 13.8 Å². The van der Waals surface area contributed by atoms with E-state index in [1.165, 1.54) is 103 Å². The fourth-order valence-electron chi connectivity index (χ4n) is 17.8.